The first-order valence-corrected chi connectivity index (χ1v) is 11.1. The van der Waals surface area contributed by atoms with Crippen LogP contribution in [0.3, 0.4) is 0 Å². The number of imide groups is 1. The highest BCUT2D eigenvalue weighted by Crippen LogP contribution is 2.55. The van der Waals surface area contributed by atoms with E-state index in [0.717, 1.165) is 6.42 Å². The molecule has 2 bridgehead atoms. The van der Waals surface area contributed by atoms with Gasteiger partial charge in [0.15, 0.2) is 6.61 Å². The fourth-order valence-electron chi connectivity index (χ4n) is 5.38. The molecule has 0 unspecified atom stereocenters. The molecule has 5 rings (SSSR count). The summed E-state index contributed by atoms with van der Waals surface area (Å²) in [5, 5.41) is 13.3. The first-order chi connectivity index (χ1) is 16.7. The van der Waals surface area contributed by atoms with Gasteiger partial charge in [0.2, 0.25) is 11.8 Å². The van der Waals surface area contributed by atoms with Gasteiger partial charge in [-0.05, 0) is 55.5 Å². The number of ether oxygens (including phenoxy) is 1. The van der Waals surface area contributed by atoms with Gasteiger partial charge in [0.25, 0.3) is 11.6 Å². The maximum absolute atomic E-state index is 13.0. The minimum Gasteiger partial charge on any atom is -0.452 e. The van der Waals surface area contributed by atoms with Crippen LogP contribution in [0.1, 0.15) is 23.7 Å². The number of nitrogens with one attached hydrogen (secondary N) is 1. The van der Waals surface area contributed by atoms with Crippen molar-refractivity contribution in [1.29, 1.82) is 0 Å². The van der Waals surface area contributed by atoms with E-state index in [2.05, 4.69) is 11.4 Å². The lowest BCUT2D eigenvalue weighted by atomic mass is 9.82. The van der Waals surface area contributed by atoms with Crippen LogP contribution in [0.4, 0.5) is 17.1 Å². The average Bonchev–Trinajstić information content (AvgIpc) is 3.48. The number of non-ortho nitro benzene ring substituents is 1. The SMILES string of the molecule is CC1=C[C@H]2C[C@H]1[C@H]1C(=O)N(c3ccc(C(=O)OCC(=O)Nc4cccc([N+](=O)[O-])c4)cc3)C(=O)[C@H]12. The second kappa shape index (κ2) is 8.46. The first kappa shape index (κ1) is 22.5. The Morgan fingerprint density at radius 2 is 1.83 bits per heavy atom. The van der Waals surface area contributed by atoms with Gasteiger partial charge in [-0.25, -0.2) is 4.79 Å². The maximum Gasteiger partial charge on any atom is 0.338 e. The van der Waals surface area contributed by atoms with Crippen molar-refractivity contribution in [2.45, 2.75) is 13.3 Å². The van der Waals surface area contributed by atoms with Crippen molar-refractivity contribution in [2.75, 3.05) is 16.8 Å². The fraction of sp³-hybridized carbons (Fsp3) is 0.280. The number of benzene rings is 2. The molecule has 1 saturated heterocycles. The van der Waals surface area contributed by atoms with E-state index in [9.17, 15) is 29.3 Å². The summed E-state index contributed by atoms with van der Waals surface area (Å²) >= 11 is 0. The Morgan fingerprint density at radius 3 is 2.54 bits per heavy atom. The summed E-state index contributed by atoms with van der Waals surface area (Å²) in [6.07, 6.45) is 2.96. The number of nitrogens with zero attached hydrogens (tertiary/aromatic N) is 2. The van der Waals surface area contributed by atoms with Crippen molar-refractivity contribution in [3.8, 4) is 0 Å². The molecule has 0 aromatic heterocycles. The summed E-state index contributed by atoms with van der Waals surface area (Å²) < 4.78 is 5.02. The molecule has 0 radical (unpaired) electrons. The van der Waals surface area contributed by atoms with Gasteiger partial charge in [0.1, 0.15) is 0 Å². The van der Waals surface area contributed by atoms with Crippen molar-refractivity contribution < 1.29 is 28.8 Å². The molecule has 0 spiro atoms. The molecule has 1 saturated carbocycles. The summed E-state index contributed by atoms with van der Waals surface area (Å²) in [5.41, 5.74) is 1.73. The highest BCUT2D eigenvalue weighted by atomic mass is 16.6. The average molecular weight is 475 g/mol. The van der Waals surface area contributed by atoms with Gasteiger partial charge in [-0.3, -0.25) is 29.4 Å². The van der Waals surface area contributed by atoms with Crippen molar-refractivity contribution in [3.63, 3.8) is 0 Å². The van der Waals surface area contributed by atoms with E-state index in [0.29, 0.717) is 5.69 Å². The van der Waals surface area contributed by atoms with Crippen LogP contribution >= 0.6 is 0 Å². The molecule has 10 nitrogen and oxygen atoms in total. The van der Waals surface area contributed by atoms with Crippen LogP contribution in [0.2, 0.25) is 0 Å². The van der Waals surface area contributed by atoms with E-state index in [1.807, 2.05) is 6.92 Å². The number of nitro groups is 1. The zero-order valence-electron chi connectivity index (χ0n) is 18.7. The summed E-state index contributed by atoms with van der Waals surface area (Å²) in [6.45, 7) is 1.41. The summed E-state index contributed by atoms with van der Waals surface area (Å²) in [5.74, 6) is -2.23. The minimum atomic E-state index is -0.764. The number of esters is 1. The second-order valence-electron chi connectivity index (χ2n) is 8.96. The predicted molar refractivity (Wildman–Crippen MR) is 123 cm³/mol. The van der Waals surface area contributed by atoms with Gasteiger partial charge < -0.3 is 10.1 Å². The highest BCUT2D eigenvalue weighted by molar-refractivity contribution is 6.23. The number of hydrogen-bond donors (Lipinski definition) is 1. The molecule has 3 aliphatic rings. The molecule has 178 valence electrons. The predicted octanol–water partition coefficient (Wildman–Crippen LogP) is 3.09. The fourth-order valence-corrected chi connectivity index (χ4v) is 5.38. The Kier molecular flexibility index (Phi) is 5.43. The zero-order valence-corrected chi connectivity index (χ0v) is 18.7. The van der Waals surface area contributed by atoms with Crippen LogP contribution in [-0.2, 0) is 19.1 Å². The number of rotatable bonds is 6. The number of anilines is 2. The van der Waals surface area contributed by atoms with E-state index in [-0.39, 0.29) is 52.4 Å². The summed E-state index contributed by atoms with van der Waals surface area (Å²) in [7, 11) is 0. The lowest BCUT2D eigenvalue weighted by molar-refractivity contribution is -0.384. The van der Waals surface area contributed by atoms with Crippen molar-refractivity contribution in [1.82, 2.24) is 0 Å². The van der Waals surface area contributed by atoms with Crippen LogP contribution in [-0.4, -0.2) is 35.2 Å². The van der Waals surface area contributed by atoms with Crippen molar-refractivity contribution >= 4 is 40.8 Å². The maximum atomic E-state index is 13.0. The van der Waals surface area contributed by atoms with Gasteiger partial charge in [-0.2, -0.15) is 0 Å². The third-order valence-electron chi connectivity index (χ3n) is 6.92. The zero-order chi connectivity index (χ0) is 24.9. The van der Waals surface area contributed by atoms with Crippen LogP contribution < -0.4 is 10.2 Å². The first-order valence-electron chi connectivity index (χ1n) is 11.1. The molecule has 2 fully saturated rings. The second-order valence-corrected chi connectivity index (χ2v) is 8.96. The smallest absolute Gasteiger partial charge is 0.338 e. The van der Waals surface area contributed by atoms with Gasteiger partial charge in [0.05, 0.1) is 28.0 Å². The van der Waals surface area contributed by atoms with Crippen LogP contribution in [0.15, 0.2) is 60.2 Å². The monoisotopic (exact) mass is 475 g/mol. The Labute approximate surface area is 199 Å². The molecule has 1 N–H and O–H groups in total. The minimum absolute atomic E-state index is 0.105. The standard InChI is InChI=1S/C25H21N3O7/c1-13-9-15-10-19(13)22-21(15)23(30)27(24(22)31)17-7-5-14(6-8-17)25(32)35-12-20(29)26-16-3-2-4-18(11-16)28(33)34/h2-9,11,15,19,21-22H,10,12H2,1H3,(H,26,29)/t15-,19+,21-,22+/m0/s1. The van der Waals surface area contributed by atoms with Crippen molar-refractivity contribution in [3.05, 3.63) is 75.9 Å². The number of carbonyl (C=O) groups is 4. The van der Waals surface area contributed by atoms with Crippen LogP contribution in [0, 0.1) is 33.8 Å². The lowest BCUT2D eigenvalue weighted by Gasteiger charge is -2.19. The molecule has 35 heavy (non-hydrogen) atoms. The number of amides is 3. The van der Waals surface area contributed by atoms with Gasteiger partial charge in [-0.15, -0.1) is 0 Å². The Hall–Kier alpha value is -4.34. The van der Waals surface area contributed by atoms with E-state index in [1.165, 1.54) is 59.0 Å². The topological polar surface area (TPSA) is 136 Å². The molecule has 2 aliphatic carbocycles. The third kappa shape index (κ3) is 3.86. The molecule has 3 amide bonds. The number of nitro benzene ring substituents is 1. The van der Waals surface area contributed by atoms with Crippen molar-refractivity contribution in [2.24, 2.45) is 23.7 Å². The number of hydrogen-bond acceptors (Lipinski definition) is 7. The third-order valence-corrected chi connectivity index (χ3v) is 6.92. The van der Waals surface area contributed by atoms with E-state index < -0.39 is 23.4 Å². The number of allylic oxidation sites excluding steroid dienone is 2. The Balaban J connectivity index is 1.20. The molecule has 10 heteroatoms. The van der Waals surface area contributed by atoms with Gasteiger partial charge in [0, 0.05) is 17.8 Å². The molecule has 2 aromatic carbocycles. The Morgan fingerprint density at radius 1 is 1.11 bits per heavy atom. The molecule has 4 atom stereocenters. The number of fused-ring (bicyclic) bond motifs is 5. The quantitative estimate of drug-likeness (QED) is 0.223. The summed E-state index contributed by atoms with van der Waals surface area (Å²) in [6, 6.07) is 11.3. The number of carbonyl (C=O) groups excluding carboxylic acids is 4. The largest absolute Gasteiger partial charge is 0.452 e. The van der Waals surface area contributed by atoms with E-state index in [1.54, 1.807) is 0 Å². The molecular weight excluding hydrogens is 454 g/mol. The van der Waals surface area contributed by atoms with Crippen LogP contribution in [0.25, 0.3) is 0 Å². The van der Waals surface area contributed by atoms with E-state index >= 15 is 0 Å². The lowest BCUT2D eigenvalue weighted by Crippen LogP contribution is -2.33. The normalized spacial score (nSPS) is 24.3. The highest BCUT2D eigenvalue weighted by Gasteiger charge is 2.60. The van der Waals surface area contributed by atoms with Gasteiger partial charge >= 0.3 is 5.97 Å². The van der Waals surface area contributed by atoms with E-state index in [4.69, 9.17) is 4.74 Å². The molecule has 1 aliphatic heterocycles. The molecule has 1 heterocycles. The van der Waals surface area contributed by atoms with Crippen LogP contribution in [0.5, 0.6) is 0 Å². The van der Waals surface area contributed by atoms with Gasteiger partial charge in [-0.1, -0.05) is 17.7 Å². The molecule has 2 aromatic rings. The molecular formula is C25H21N3O7. The Bertz CT molecular complexity index is 1300. The summed E-state index contributed by atoms with van der Waals surface area (Å²) in [4.78, 5) is 61.9.